The largest absolute Gasteiger partial charge is 0.381 e. The first-order valence-electron chi connectivity index (χ1n) is 6.53. The Balaban J connectivity index is 2.04. The molecule has 1 aromatic carbocycles. The highest BCUT2D eigenvalue weighted by atomic mass is 79.9. The lowest BCUT2D eigenvalue weighted by Gasteiger charge is -2.37. The number of likely N-dealkylation sites (N-methyl/N-ethyl adjacent to an activating group) is 2. The summed E-state index contributed by atoms with van der Waals surface area (Å²) in [5, 5.41) is 12.0. The van der Waals surface area contributed by atoms with E-state index in [2.05, 4.69) is 45.1 Å². The van der Waals surface area contributed by atoms with Crippen LogP contribution in [0.15, 0.2) is 16.6 Å². The van der Waals surface area contributed by atoms with E-state index in [1.165, 1.54) is 0 Å². The van der Waals surface area contributed by atoms with E-state index in [1.807, 2.05) is 6.07 Å². The molecule has 4 nitrogen and oxygen atoms in total. The van der Waals surface area contributed by atoms with Crippen molar-refractivity contribution in [2.45, 2.75) is 6.04 Å². The molecule has 1 fully saturated rings. The number of hydrogen-bond acceptors (Lipinski definition) is 4. The average Bonchev–Trinajstić information content (AvgIpc) is 2.44. The van der Waals surface area contributed by atoms with Crippen molar-refractivity contribution in [2.24, 2.45) is 0 Å². The smallest absolute Gasteiger partial charge is 0.161 e. The molecular formula is C14H18BrFN4. The second-order valence-electron chi connectivity index (χ2n) is 5.18. The molecule has 0 bridgehead atoms. The minimum absolute atomic E-state index is 0.221. The maximum Gasteiger partial charge on any atom is 0.161 e. The van der Waals surface area contributed by atoms with Gasteiger partial charge in [0, 0.05) is 32.2 Å². The lowest BCUT2D eigenvalue weighted by molar-refractivity contribution is 0.122. The van der Waals surface area contributed by atoms with Gasteiger partial charge >= 0.3 is 0 Å². The summed E-state index contributed by atoms with van der Waals surface area (Å²) in [5.41, 5.74) is 0.736. The van der Waals surface area contributed by atoms with Gasteiger partial charge in [-0.15, -0.1) is 0 Å². The summed E-state index contributed by atoms with van der Waals surface area (Å²) in [5.74, 6) is -0.407. The van der Waals surface area contributed by atoms with E-state index in [0.717, 1.165) is 19.6 Å². The third-order valence-electron chi connectivity index (χ3n) is 3.71. The van der Waals surface area contributed by atoms with Crippen LogP contribution < -0.4 is 5.32 Å². The van der Waals surface area contributed by atoms with E-state index in [9.17, 15) is 4.39 Å². The molecule has 0 spiro atoms. The first-order chi connectivity index (χ1) is 9.52. The summed E-state index contributed by atoms with van der Waals surface area (Å²) in [7, 11) is 4.18. The Bertz CT molecular complexity index is 529. The summed E-state index contributed by atoms with van der Waals surface area (Å²) in [6.45, 7) is 3.71. The molecule has 0 saturated carbocycles. The van der Waals surface area contributed by atoms with Crippen LogP contribution in [0.1, 0.15) is 5.56 Å². The maximum absolute atomic E-state index is 14.1. The van der Waals surface area contributed by atoms with Crippen LogP contribution >= 0.6 is 15.9 Å². The van der Waals surface area contributed by atoms with Crippen LogP contribution in [-0.2, 0) is 0 Å². The van der Waals surface area contributed by atoms with Crippen LogP contribution in [0.2, 0.25) is 0 Å². The zero-order valence-corrected chi connectivity index (χ0v) is 13.2. The summed E-state index contributed by atoms with van der Waals surface area (Å²) < 4.78 is 14.3. The molecule has 1 heterocycles. The highest BCUT2D eigenvalue weighted by molar-refractivity contribution is 9.10. The third-order valence-corrected chi connectivity index (χ3v) is 4.49. The fraction of sp³-hybridized carbons (Fsp3) is 0.500. The molecule has 6 heteroatoms. The minimum Gasteiger partial charge on any atom is -0.381 e. The van der Waals surface area contributed by atoms with Crippen molar-refractivity contribution >= 4 is 21.6 Å². The van der Waals surface area contributed by atoms with Crippen molar-refractivity contribution in [3.8, 4) is 6.07 Å². The van der Waals surface area contributed by atoms with E-state index in [1.54, 1.807) is 12.1 Å². The van der Waals surface area contributed by atoms with E-state index in [-0.39, 0.29) is 4.47 Å². The second kappa shape index (κ2) is 6.53. The Labute approximate surface area is 127 Å². The van der Waals surface area contributed by atoms with Gasteiger partial charge in [0.05, 0.1) is 15.7 Å². The quantitative estimate of drug-likeness (QED) is 0.915. The SMILES string of the molecule is CN1CCN(C)C(CNc2ccc(C#N)c(Br)c2F)C1. The number of anilines is 1. The van der Waals surface area contributed by atoms with Gasteiger partial charge in [0.1, 0.15) is 6.07 Å². The summed E-state index contributed by atoms with van der Waals surface area (Å²) in [6.07, 6.45) is 0. The van der Waals surface area contributed by atoms with E-state index < -0.39 is 5.82 Å². The van der Waals surface area contributed by atoms with Gasteiger partial charge < -0.3 is 10.2 Å². The topological polar surface area (TPSA) is 42.3 Å². The second-order valence-corrected chi connectivity index (χ2v) is 5.97. The predicted octanol–water partition coefficient (Wildman–Crippen LogP) is 2.12. The molecule has 1 unspecified atom stereocenters. The molecule has 0 aliphatic carbocycles. The van der Waals surface area contributed by atoms with Crippen LogP contribution in [-0.4, -0.2) is 56.1 Å². The molecule has 0 aromatic heterocycles. The Kier molecular flexibility index (Phi) is 4.97. The number of rotatable bonds is 3. The van der Waals surface area contributed by atoms with Crippen molar-refractivity contribution in [3.05, 3.63) is 28.0 Å². The highest BCUT2D eigenvalue weighted by Gasteiger charge is 2.22. The van der Waals surface area contributed by atoms with Gasteiger partial charge in [-0.2, -0.15) is 5.26 Å². The van der Waals surface area contributed by atoms with Crippen LogP contribution in [0.3, 0.4) is 0 Å². The lowest BCUT2D eigenvalue weighted by Crippen LogP contribution is -2.52. The fourth-order valence-corrected chi connectivity index (χ4v) is 2.76. The molecule has 0 amide bonds. The minimum atomic E-state index is -0.407. The molecule has 1 aromatic rings. The van der Waals surface area contributed by atoms with Crippen molar-refractivity contribution in [2.75, 3.05) is 45.6 Å². The number of hydrogen-bond donors (Lipinski definition) is 1. The van der Waals surface area contributed by atoms with Crippen LogP contribution in [0.25, 0.3) is 0 Å². The maximum atomic E-state index is 14.1. The van der Waals surface area contributed by atoms with Gasteiger partial charge in [-0.3, -0.25) is 4.90 Å². The number of nitriles is 1. The number of nitrogens with zero attached hydrogens (tertiary/aromatic N) is 3. The molecule has 1 N–H and O–H groups in total. The Morgan fingerprint density at radius 1 is 1.45 bits per heavy atom. The monoisotopic (exact) mass is 340 g/mol. The van der Waals surface area contributed by atoms with Crippen molar-refractivity contribution in [1.82, 2.24) is 9.80 Å². The highest BCUT2D eigenvalue weighted by Crippen LogP contribution is 2.26. The zero-order chi connectivity index (χ0) is 14.7. The normalized spacial score (nSPS) is 20.6. The van der Waals surface area contributed by atoms with E-state index >= 15 is 0 Å². The third kappa shape index (κ3) is 3.29. The summed E-state index contributed by atoms with van der Waals surface area (Å²) >= 11 is 3.12. The van der Waals surface area contributed by atoms with Gasteiger partial charge in [-0.25, -0.2) is 4.39 Å². The van der Waals surface area contributed by atoms with Crippen molar-refractivity contribution in [1.29, 1.82) is 5.26 Å². The Hall–Kier alpha value is -1.16. The molecule has 1 saturated heterocycles. The van der Waals surface area contributed by atoms with Crippen LogP contribution in [0.4, 0.5) is 10.1 Å². The average molecular weight is 341 g/mol. The molecule has 20 heavy (non-hydrogen) atoms. The van der Waals surface area contributed by atoms with Crippen molar-refractivity contribution in [3.63, 3.8) is 0 Å². The van der Waals surface area contributed by atoms with Gasteiger partial charge in [-0.05, 0) is 42.2 Å². The number of benzene rings is 1. The summed E-state index contributed by atoms with van der Waals surface area (Å²) in [4.78, 5) is 4.56. The number of nitrogens with one attached hydrogen (secondary N) is 1. The Morgan fingerprint density at radius 3 is 2.90 bits per heavy atom. The summed E-state index contributed by atoms with van der Waals surface area (Å²) in [6, 6.07) is 5.54. The van der Waals surface area contributed by atoms with Gasteiger partial charge in [-0.1, -0.05) is 0 Å². The fourth-order valence-electron chi connectivity index (χ4n) is 2.32. The number of piperazine rings is 1. The molecule has 2 rings (SSSR count). The molecule has 0 radical (unpaired) electrons. The molecular weight excluding hydrogens is 323 g/mol. The first kappa shape index (κ1) is 15.2. The lowest BCUT2D eigenvalue weighted by atomic mass is 10.1. The predicted molar refractivity (Wildman–Crippen MR) is 81.2 cm³/mol. The van der Waals surface area contributed by atoms with Crippen LogP contribution in [0.5, 0.6) is 0 Å². The molecule has 1 aliphatic heterocycles. The first-order valence-corrected chi connectivity index (χ1v) is 7.33. The van der Waals surface area contributed by atoms with Crippen LogP contribution in [0, 0.1) is 17.1 Å². The van der Waals surface area contributed by atoms with Gasteiger partial charge in [0.2, 0.25) is 0 Å². The number of halogens is 2. The van der Waals surface area contributed by atoms with E-state index in [0.29, 0.717) is 23.8 Å². The standard InChI is InChI=1S/C14H18BrFN4/c1-19-5-6-20(2)11(9-19)8-18-12-4-3-10(7-17)13(15)14(12)16/h3-4,11,18H,5-6,8-9H2,1-2H3. The van der Waals surface area contributed by atoms with Crippen molar-refractivity contribution < 1.29 is 4.39 Å². The van der Waals surface area contributed by atoms with Gasteiger partial charge in [0.25, 0.3) is 0 Å². The molecule has 108 valence electrons. The Morgan fingerprint density at radius 2 is 2.20 bits per heavy atom. The van der Waals surface area contributed by atoms with Gasteiger partial charge in [0.15, 0.2) is 5.82 Å². The van der Waals surface area contributed by atoms with E-state index in [4.69, 9.17) is 5.26 Å². The molecule has 1 aliphatic rings. The zero-order valence-electron chi connectivity index (χ0n) is 11.7. The molecule has 1 atom stereocenters.